The number of ether oxygens (including phenoxy) is 8. The molecule has 4 aliphatic carbocycles. The predicted octanol–water partition coefficient (Wildman–Crippen LogP) is 10.8. The highest BCUT2D eigenvalue weighted by molar-refractivity contribution is 5.85. The molecule has 0 aromatic heterocycles. The molecule has 0 aliphatic heterocycles. The second-order valence-electron chi connectivity index (χ2n) is 22.0. The average Bonchev–Trinajstić information content (AvgIpc) is 3.69. The van der Waals surface area contributed by atoms with E-state index >= 15 is 0 Å². The minimum Gasteiger partial charge on any atom is -0.465 e. The van der Waals surface area contributed by atoms with Gasteiger partial charge in [-0.15, -0.1) is 0 Å². The van der Waals surface area contributed by atoms with Gasteiger partial charge in [-0.3, -0.25) is 28.8 Å². The number of rotatable bonds is 22. The molecule has 5 aromatic rings. The van der Waals surface area contributed by atoms with Crippen LogP contribution in [0.25, 0.3) is 22.3 Å². The number of carbonyl (C=O) groups is 8. The Balaban J connectivity index is 0.703. The van der Waals surface area contributed by atoms with E-state index in [1.165, 1.54) is 0 Å². The van der Waals surface area contributed by atoms with Crippen molar-refractivity contribution in [1.29, 1.82) is 0 Å². The van der Waals surface area contributed by atoms with Crippen LogP contribution in [0.3, 0.4) is 0 Å². The first-order valence-electron chi connectivity index (χ1n) is 29.2. The number of benzene rings is 5. The van der Waals surface area contributed by atoms with Gasteiger partial charge in [0.25, 0.3) is 0 Å². The van der Waals surface area contributed by atoms with E-state index < -0.39 is 85.7 Å². The lowest BCUT2D eigenvalue weighted by Crippen LogP contribution is -2.41. The molecule has 0 radical (unpaired) electrons. The Labute approximate surface area is 488 Å². The molecule has 4 aliphatic rings. The van der Waals surface area contributed by atoms with Crippen LogP contribution in [0.15, 0.2) is 127 Å². The molecule has 84 heavy (non-hydrogen) atoms. The number of carbonyl (C=O) groups excluding carboxylic acids is 8. The van der Waals surface area contributed by atoms with E-state index in [0.29, 0.717) is 38.5 Å². The zero-order valence-electron chi connectivity index (χ0n) is 47.0. The Morgan fingerprint density at radius 1 is 0.429 bits per heavy atom. The van der Waals surface area contributed by atoms with Crippen LogP contribution in [-0.2, 0) is 86.1 Å². The van der Waals surface area contributed by atoms with Gasteiger partial charge in [-0.25, -0.2) is 9.59 Å². The molecular formula is C66H72N2O16. The normalized spacial score (nSPS) is 20.0. The predicted molar refractivity (Wildman–Crippen MR) is 305 cm³/mol. The summed E-state index contributed by atoms with van der Waals surface area (Å²) >= 11 is 0. The maximum Gasteiger partial charge on any atom is 0.511 e. The lowest BCUT2D eigenvalue weighted by Gasteiger charge is -2.31. The van der Waals surface area contributed by atoms with Crippen molar-refractivity contribution in [3.63, 3.8) is 0 Å². The second-order valence-corrected chi connectivity index (χ2v) is 22.0. The van der Waals surface area contributed by atoms with Gasteiger partial charge in [0.05, 0.1) is 31.3 Å². The zero-order chi connectivity index (χ0) is 58.6. The molecule has 18 heteroatoms. The fourth-order valence-electron chi connectivity index (χ4n) is 11.6. The number of nitrogens with one attached hydrogen (secondary N) is 2. The van der Waals surface area contributed by atoms with E-state index in [9.17, 15) is 38.4 Å². The minimum absolute atomic E-state index is 0.0563. The maximum absolute atomic E-state index is 13.8. The van der Waals surface area contributed by atoms with E-state index in [1.807, 2.05) is 127 Å². The van der Waals surface area contributed by atoms with Crippen LogP contribution in [0, 0.1) is 5.92 Å². The number of hydrogen-bond donors (Lipinski definition) is 2. The first kappa shape index (κ1) is 60.1. The van der Waals surface area contributed by atoms with Crippen molar-refractivity contribution < 1.29 is 76.3 Å². The average molecular weight is 1150 g/mol. The van der Waals surface area contributed by atoms with Crippen LogP contribution in [0.5, 0.6) is 0 Å². The van der Waals surface area contributed by atoms with Gasteiger partial charge in [0.15, 0.2) is 0 Å². The number of hydrogen-bond acceptors (Lipinski definition) is 16. The Kier molecular flexibility index (Phi) is 21.6. The lowest BCUT2D eigenvalue weighted by atomic mass is 9.79. The van der Waals surface area contributed by atoms with Gasteiger partial charge < -0.3 is 48.5 Å². The number of amides is 2. The number of esters is 4. The SMILES string of the molecule is O=C(CCC(=O)OCC1CCCC(OC(=O)OCOC(=O)[C@H]2C[C@H](NC(=O)CCC(=O)OCc3ccccc3)Cc3ccc(-c4ccccc4)cc32)C1)N[C@@H]1Cc2ccc(-c3ccccc3)cc2[C@@H](C(=O)OCOC(=O)OC2CCCCC2)C1. The standard InChI is InChI=1S/C66H72N2O16/c69-59(28-30-61(71)77-39-43-14-5-1-6-15-43)67-51-33-50-27-25-48(46-19-9-3-10-20-46)36-56(50)58(38-51)64(74)80-42-82-66(76)84-54-23-13-16-44(32-54)40-78-62(72)31-29-60(70)68-52-34-49-26-24-47(45-17-7-2-8-18-45)35-55(49)57(37-52)63(73)79-41-81-65(75)83-53-21-11-4-12-22-53/h1-3,5-10,14-15,17-20,24-27,35-36,44,51-54,57-58H,4,11-13,16,21-23,28-34,37-42H2,(H,67,69)(H,68,70)/t44?,51-,52-,54?,57+,58+/m1/s1. The third-order valence-corrected chi connectivity index (χ3v) is 15.9. The Hall–Kier alpha value is -8.54. The quantitative estimate of drug-likeness (QED) is 0.0372. The molecule has 0 heterocycles. The van der Waals surface area contributed by atoms with E-state index in [4.69, 9.17) is 37.9 Å². The summed E-state index contributed by atoms with van der Waals surface area (Å²) in [5.41, 5.74) is 7.74. The summed E-state index contributed by atoms with van der Waals surface area (Å²) in [6, 6.07) is 39.5. The summed E-state index contributed by atoms with van der Waals surface area (Å²) in [5.74, 6) is -4.82. The molecule has 0 saturated heterocycles. The molecule has 2 fully saturated rings. The molecule has 5 aromatic carbocycles. The monoisotopic (exact) mass is 1150 g/mol. The van der Waals surface area contributed by atoms with Crippen LogP contribution in [0.4, 0.5) is 9.59 Å². The molecular weight excluding hydrogens is 1080 g/mol. The summed E-state index contributed by atoms with van der Waals surface area (Å²) in [4.78, 5) is 105. The van der Waals surface area contributed by atoms with Crippen molar-refractivity contribution in [1.82, 2.24) is 10.6 Å². The maximum atomic E-state index is 13.8. The van der Waals surface area contributed by atoms with Crippen molar-refractivity contribution in [3.8, 4) is 22.3 Å². The Morgan fingerprint density at radius 3 is 1.43 bits per heavy atom. The van der Waals surface area contributed by atoms with Crippen molar-refractivity contribution in [3.05, 3.63) is 155 Å². The summed E-state index contributed by atoms with van der Waals surface area (Å²) in [7, 11) is 0. The van der Waals surface area contributed by atoms with Gasteiger partial charge in [-0.2, -0.15) is 0 Å². The third-order valence-electron chi connectivity index (χ3n) is 15.9. The lowest BCUT2D eigenvalue weighted by molar-refractivity contribution is -0.157. The van der Waals surface area contributed by atoms with Gasteiger partial charge >= 0.3 is 36.2 Å². The smallest absolute Gasteiger partial charge is 0.465 e. The Morgan fingerprint density at radius 2 is 0.905 bits per heavy atom. The van der Waals surface area contributed by atoms with E-state index in [-0.39, 0.29) is 69.7 Å². The molecule has 9 rings (SSSR count). The Bertz CT molecular complexity index is 3070. The van der Waals surface area contributed by atoms with Crippen molar-refractivity contribution >= 4 is 48.0 Å². The van der Waals surface area contributed by atoms with Crippen molar-refractivity contribution in [2.24, 2.45) is 5.92 Å². The van der Waals surface area contributed by atoms with Gasteiger partial charge in [0.2, 0.25) is 25.4 Å². The topological polar surface area (TPSA) is 234 Å². The zero-order valence-corrected chi connectivity index (χ0v) is 47.0. The van der Waals surface area contributed by atoms with Gasteiger partial charge in [-0.05, 0) is 133 Å². The number of fused-ring (bicyclic) bond motifs is 2. The summed E-state index contributed by atoms with van der Waals surface area (Å²) in [5, 5.41) is 5.97. The highest BCUT2D eigenvalue weighted by Gasteiger charge is 2.37. The highest BCUT2D eigenvalue weighted by Crippen LogP contribution is 2.38. The van der Waals surface area contributed by atoms with Crippen LogP contribution < -0.4 is 10.6 Å². The fourth-order valence-corrected chi connectivity index (χ4v) is 11.6. The van der Waals surface area contributed by atoms with Crippen molar-refractivity contribution in [2.45, 2.75) is 152 Å². The third kappa shape index (κ3) is 17.7. The van der Waals surface area contributed by atoms with Crippen molar-refractivity contribution in [2.75, 3.05) is 20.2 Å². The van der Waals surface area contributed by atoms with Crippen LogP contribution in [0.2, 0.25) is 0 Å². The molecule has 442 valence electrons. The molecule has 2 saturated carbocycles. The second kappa shape index (κ2) is 30.1. The summed E-state index contributed by atoms with van der Waals surface area (Å²) in [6.07, 6.45) is 5.00. The fraction of sp³-hybridized carbons (Fsp3) is 0.424. The van der Waals surface area contributed by atoms with Crippen LogP contribution >= 0.6 is 0 Å². The summed E-state index contributed by atoms with van der Waals surface area (Å²) < 4.78 is 43.3. The van der Waals surface area contributed by atoms with E-state index in [1.54, 1.807) is 0 Å². The van der Waals surface area contributed by atoms with Gasteiger partial charge in [0.1, 0.15) is 18.8 Å². The molecule has 2 amide bonds. The largest absolute Gasteiger partial charge is 0.511 e. The highest BCUT2D eigenvalue weighted by atomic mass is 16.8. The molecule has 2 N–H and O–H groups in total. The van der Waals surface area contributed by atoms with E-state index in [2.05, 4.69) is 10.6 Å². The molecule has 0 bridgehead atoms. The molecule has 6 atom stereocenters. The molecule has 2 unspecified atom stereocenters. The molecule has 0 spiro atoms. The summed E-state index contributed by atoms with van der Waals surface area (Å²) in [6.45, 7) is -1.16. The van der Waals surface area contributed by atoms with E-state index in [0.717, 1.165) is 82.2 Å². The van der Waals surface area contributed by atoms with Gasteiger partial charge in [-0.1, -0.05) is 134 Å². The molecule has 18 nitrogen and oxygen atoms in total. The van der Waals surface area contributed by atoms with Crippen LogP contribution in [0.1, 0.15) is 136 Å². The first-order chi connectivity index (χ1) is 40.9. The minimum atomic E-state index is -1.03. The first-order valence-corrected chi connectivity index (χ1v) is 29.2. The van der Waals surface area contributed by atoms with Crippen LogP contribution in [-0.4, -0.2) is 92.5 Å². The van der Waals surface area contributed by atoms with Gasteiger partial charge in [0, 0.05) is 24.9 Å².